The highest BCUT2D eigenvalue weighted by Crippen LogP contribution is 2.37. The Balaban J connectivity index is 1.98. The third-order valence-corrected chi connectivity index (χ3v) is 5.00. The number of carbonyl (C=O) groups is 1. The van der Waals surface area contributed by atoms with Crippen molar-refractivity contribution >= 4 is 27.3 Å². The molecule has 0 aliphatic heterocycles. The van der Waals surface area contributed by atoms with Crippen molar-refractivity contribution in [2.24, 2.45) is 0 Å². The lowest BCUT2D eigenvalue weighted by molar-refractivity contribution is -0.129. The molecule has 1 heterocycles. The van der Waals surface area contributed by atoms with Crippen molar-refractivity contribution in [3.63, 3.8) is 0 Å². The zero-order valence-corrected chi connectivity index (χ0v) is 14.9. The van der Waals surface area contributed by atoms with Crippen LogP contribution in [0.15, 0.2) is 42.5 Å². The van der Waals surface area contributed by atoms with E-state index in [-0.39, 0.29) is 5.78 Å². The second kappa shape index (κ2) is 6.24. The summed E-state index contributed by atoms with van der Waals surface area (Å²) in [4.78, 5) is 16.3. The molecular weight excluding hydrogens is 322 g/mol. The number of aromatic nitrogens is 1. The van der Waals surface area contributed by atoms with Crippen molar-refractivity contribution in [3.05, 3.63) is 42.5 Å². The average molecular weight is 341 g/mol. The molecule has 5 heteroatoms. The topological polar surface area (TPSA) is 48.4 Å². The summed E-state index contributed by atoms with van der Waals surface area (Å²) in [5.41, 5.74) is 1.04. The lowest BCUT2D eigenvalue weighted by atomic mass is 10.1. The summed E-state index contributed by atoms with van der Waals surface area (Å²) in [6.07, 6.45) is 0. The fraction of sp³-hybridized carbons (Fsp3) is 0.263. The molecule has 0 bridgehead atoms. The Kier molecular flexibility index (Phi) is 4.28. The minimum Gasteiger partial charge on any atom is -0.493 e. The second-order valence-corrected chi connectivity index (χ2v) is 7.05. The zero-order chi connectivity index (χ0) is 17.3. The number of ether oxygens (including phenoxy) is 2. The maximum Gasteiger partial charge on any atom is 0.172 e. The molecule has 0 aliphatic rings. The number of benzene rings is 2. The summed E-state index contributed by atoms with van der Waals surface area (Å²) in [7, 11) is 1.59. The molecule has 0 unspecified atom stereocenters. The van der Waals surface area contributed by atoms with E-state index in [1.54, 1.807) is 32.3 Å². The first-order valence-electron chi connectivity index (χ1n) is 7.65. The summed E-state index contributed by atoms with van der Waals surface area (Å²) in [6, 6.07) is 13.7. The fourth-order valence-corrected chi connectivity index (χ4v) is 3.19. The van der Waals surface area contributed by atoms with E-state index in [1.165, 1.54) is 6.92 Å². The van der Waals surface area contributed by atoms with Gasteiger partial charge in [0.1, 0.15) is 5.01 Å². The van der Waals surface area contributed by atoms with Gasteiger partial charge in [-0.1, -0.05) is 12.1 Å². The van der Waals surface area contributed by atoms with Crippen LogP contribution in [0.3, 0.4) is 0 Å². The number of para-hydroxylation sites is 1. The molecule has 24 heavy (non-hydrogen) atoms. The minimum atomic E-state index is -0.898. The lowest BCUT2D eigenvalue weighted by Gasteiger charge is -2.24. The SMILES string of the molecule is COc1cc(-c2nc3ccccc3s2)ccc1OC(C)(C)C(C)=O. The highest BCUT2D eigenvalue weighted by atomic mass is 32.1. The molecule has 0 saturated carbocycles. The van der Waals surface area contributed by atoms with E-state index < -0.39 is 5.60 Å². The van der Waals surface area contributed by atoms with Gasteiger partial charge in [-0.3, -0.25) is 4.79 Å². The standard InChI is InChI=1S/C19H19NO3S/c1-12(21)19(2,3)23-15-10-9-13(11-16(15)22-4)18-20-14-7-5-6-8-17(14)24-18/h5-11H,1-4H3. The van der Waals surface area contributed by atoms with Crippen molar-refractivity contribution in [2.75, 3.05) is 7.11 Å². The number of Topliss-reactive ketones (excluding diaryl/α,β-unsaturated/α-hetero) is 1. The molecule has 0 aliphatic carbocycles. The quantitative estimate of drug-likeness (QED) is 0.674. The Morgan fingerprint density at radius 3 is 2.54 bits per heavy atom. The van der Waals surface area contributed by atoms with Gasteiger partial charge in [-0.05, 0) is 51.1 Å². The molecule has 0 radical (unpaired) electrons. The number of methoxy groups -OCH3 is 1. The molecular formula is C19H19NO3S. The van der Waals surface area contributed by atoms with E-state index in [9.17, 15) is 4.79 Å². The van der Waals surface area contributed by atoms with Gasteiger partial charge in [0.05, 0.1) is 17.3 Å². The Morgan fingerprint density at radius 1 is 1.12 bits per heavy atom. The molecule has 0 N–H and O–H groups in total. The molecule has 0 fully saturated rings. The van der Waals surface area contributed by atoms with Gasteiger partial charge >= 0.3 is 0 Å². The molecule has 3 aromatic rings. The van der Waals surface area contributed by atoms with Crippen LogP contribution >= 0.6 is 11.3 Å². The average Bonchev–Trinajstić information content (AvgIpc) is 2.98. The van der Waals surface area contributed by atoms with Gasteiger partial charge < -0.3 is 9.47 Å². The van der Waals surface area contributed by atoms with Crippen molar-refractivity contribution in [3.8, 4) is 22.1 Å². The molecule has 0 spiro atoms. The van der Waals surface area contributed by atoms with Crippen molar-refractivity contribution in [2.45, 2.75) is 26.4 Å². The maximum atomic E-state index is 11.7. The van der Waals surface area contributed by atoms with Crippen molar-refractivity contribution in [1.29, 1.82) is 0 Å². The summed E-state index contributed by atoms with van der Waals surface area (Å²) < 4.78 is 12.4. The van der Waals surface area contributed by atoms with Crippen molar-refractivity contribution < 1.29 is 14.3 Å². The first-order valence-corrected chi connectivity index (χ1v) is 8.46. The van der Waals surface area contributed by atoms with Gasteiger partial charge in [0.2, 0.25) is 0 Å². The number of nitrogens with zero attached hydrogens (tertiary/aromatic N) is 1. The number of rotatable bonds is 5. The summed E-state index contributed by atoms with van der Waals surface area (Å²) in [5, 5.41) is 0.923. The highest BCUT2D eigenvalue weighted by Gasteiger charge is 2.27. The normalized spacial score (nSPS) is 11.5. The molecule has 0 amide bonds. The van der Waals surface area contributed by atoms with E-state index in [2.05, 4.69) is 11.1 Å². The smallest absolute Gasteiger partial charge is 0.172 e. The molecule has 3 rings (SSSR count). The number of carbonyl (C=O) groups excluding carboxylic acids is 1. The Bertz CT molecular complexity index is 866. The minimum absolute atomic E-state index is 0.0418. The van der Waals surface area contributed by atoms with Crippen LogP contribution in [-0.4, -0.2) is 23.5 Å². The lowest BCUT2D eigenvalue weighted by Crippen LogP contribution is -2.36. The van der Waals surface area contributed by atoms with Gasteiger partial charge in [0, 0.05) is 5.56 Å². The first kappa shape index (κ1) is 16.5. The van der Waals surface area contributed by atoms with Gasteiger partial charge in [0.15, 0.2) is 22.9 Å². The van der Waals surface area contributed by atoms with Gasteiger partial charge in [-0.2, -0.15) is 0 Å². The number of hydrogen-bond acceptors (Lipinski definition) is 5. The molecule has 1 aromatic heterocycles. The Morgan fingerprint density at radius 2 is 1.88 bits per heavy atom. The van der Waals surface area contributed by atoms with E-state index >= 15 is 0 Å². The maximum absolute atomic E-state index is 11.7. The van der Waals surface area contributed by atoms with E-state index in [0.717, 1.165) is 20.8 Å². The first-order chi connectivity index (χ1) is 11.4. The number of ketones is 1. The van der Waals surface area contributed by atoms with Gasteiger partial charge in [-0.15, -0.1) is 11.3 Å². The predicted octanol–water partition coefficient (Wildman–Crippen LogP) is 4.72. The van der Waals surface area contributed by atoms with E-state index in [0.29, 0.717) is 11.5 Å². The summed E-state index contributed by atoms with van der Waals surface area (Å²) >= 11 is 1.63. The van der Waals surface area contributed by atoms with E-state index in [4.69, 9.17) is 9.47 Å². The second-order valence-electron chi connectivity index (χ2n) is 6.02. The number of fused-ring (bicyclic) bond motifs is 1. The number of hydrogen-bond donors (Lipinski definition) is 0. The van der Waals surface area contributed by atoms with Crippen LogP contribution in [0.4, 0.5) is 0 Å². The monoisotopic (exact) mass is 341 g/mol. The summed E-state index contributed by atoms with van der Waals surface area (Å²) in [6.45, 7) is 5.01. The largest absolute Gasteiger partial charge is 0.493 e. The summed E-state index contributed by atoms with van der Waals surface area (Å²) in [5.74, 6) is 1.09. The molecule has 124 valence electrons. The van der Waals surface area contributed by atoms with Crippen LogP contribution in [0.1, 0.15) is 20.8 Å². The molecule has 4 nitrogen and oxygen atoms in total. The van der Waals surface area contributed by atoms with Crippen LogP contribution in [-0.2, 0) is 4.79 Å². The zero-order valence-electron chi connectivity index (χ0n) is 14.1. The highest BCUT2D eigenvalue weighted by molar-refractivity contribution is 7.21. The fourth-order valence-electron chi connectivity index (χ4n) is 2.23. The van der Waals surface area contributed by atoms with Crippen LogP contribution in [0, 0.1) is 0 Å². The molecule has 2 aromatic carbocycles. The molecule has 0 atom stereocenters. The van der Waals surface area contributed by atoms with Gasteiger partial charge in [-0.25, -0.2) is 4.98 Å². The molecule has 0 saturated heterocycles. The Hall–Kier alpha value is -2.40. The van der Waals surface area contributed by atoms with Crippen LogP contribution in [0.5, 0.6) is 11.5 Å². The van der Waals surface area contributed by atoms with Crippen LogP contribution in [0.25, 0.3) is 20.8 Å². The van der Waals surface area contributed by atoms with Crippen LogP contribution < -0.4 is 9.47 Å². The van der Waals surface area contributed by atoms with Gasteiger partial charge in [0.25, 0.3) is 0 Å². The van der Waals surface area contributed by atoms with E-state index in [1.807, 2.05) is 36.4 Å². The third-order valence-electron chi connectivity index (χ3n) is 3.92. The van der Waals surface area contributed by atoms with Crippen molar-refractivity contribution in [1.82, 2.24) is 4.98 Å². The predicted molar refractivity (Wildman–Crippen MR) is 97.0 cm³/mol. The van der Waals surface area contributed by atoms with Crippen LogP contribution in [0.2, 0.25) is 0 Å². The Labute approximate surface area is 145 Å². The number of thiazole rings is 1. The third kappa shape index (κ3) is 3.12.